The highest BCUT2D eigenvalue weighted by Gasteiger charge is 2.38. The molecule has 4 rings (SSSR count). The number of benzene rings is 3. The number of carbonyl (C=O) groups is 2. The molecule has 236 valence electrons. The number of alkyl halides is 3. The Morgan fingerprint density at radius 3 is 2.34 bits per heavy atom. The largest absolute Gasteiger partial charge is 0.497 e. The van der Waals surface area contributed by atoms with Crippen molar-refractivity contribution in [1.29, 1.82) is 0 Å². The number of anilines is 2. The van der Waals surface area contributed by atoms with E-state index >= 15 is 0 Å². The van der Waals surface area contributed by atoms with Gasteiger partial charge in [-0.15, -0.1) is 0 Å². The first-order chi connectivity index (χ1) is 20.6. The van der Waals surface area contributed by atoms with E-state index in [0.717, 1.165) is 6.07 Å². The summed E-state index contributed by atoms with van der Waals surface area (Å²) in [6.07, 6.45) is -4.16. The molecule has 0 bridgehead atoms. The van der Waals surface area contributed by atoms with Gasteiger partial charge in [-0.2, -0.15) is 13.2 Å². The Hall–Kier alpha value is -3.99. The molecular formula is C32H33ClF4N2O5. The van der Waals surface area contributed by atoms with Gasteiger partial charge in [0.15, 0.2) is 0 Å². The van der Waals surface area contributed by atoms with Crippen LogP contribution in [0.5, 0.6) is 11.5 Å². The predicted octanol–water partition coefficient (Wildman–Crippen LogP) is 7.75. The predicted molar refractivity (Wildman–Crippen MR) is 159 cm³/mol. The minimum Gasteiger partial charge on any atom is -0.497 e. The van der Waals surface area contributed by atoms with Gasteiger partial charge in [0.05, 0.1) is 19.3 Å². The molecule has 1 amide bonds. The molecule has 12 heteroatoms. The van der Waals surface area contributed by atoms with Crippen LogP contribution in [0.1, 0.15) is 56.3 Å². The van der Waals surface area contributed by atoms with Crippen molar-refractivity contribution in [1.82, 2.24) is 0 Å². The van der Waals surface area contributed by atoms with Gasteiger partial charge < -0.3 is 24.4 Å². The third-order valence-corrected chi connectivity index (χ3v) is 6.98. The molecule has 0 aromatic heterocycles. The van der Waals surface area contributed by atoms with Crippen LogP contribution < -0.4 is 19.7 Å². The van der Waals surface area contributed by atoms with Crippen molar-refractivity contribution in [2.75, 3.05) is 30.5 Å². The number of halogens is 5. The lowest BCUT2D eigenvalue weighted by molar-refractivity contribution is -0.155. The lowest BCUT2D eigenvalue weighted by atomic mass is 10.0. The summed E-state index contributed by atoms with van der Waals surface area (Å²) in [5.74, 6) is -1.46. The summed E-state index contributed by atoms with van der Waals surface area (Å²) in [4.78, 5) is 27.2. The number of hydrogen-bond acceptors (Lipinski definition) is 6. The highest BCUT2D eigenvalue weighted by atomic mass is 35.5. The molecule has 0 saturated heterocycles. The van der Waals surface area contributed by atoms with Gasteiger partial charge in [-0.3, -0.25) is 9.59 Å². The number of rotatable bonds is 10. The van der Waals surface area contributed by atoms with Gasteiger partial charge >= 0.3 is 12.1 Å². The number of carbonyl (C=O) groups excluding carboxylic acids is 2. The van der Waals surface area contributed by atoms with Gasteiger partial charge in [0, 0.05) is 47.6 Å². The number of methoxy groups -OCH3 is 1. The first-order valence-corrected chi connectivity index (χ1v) is 14.3. The fraction of sp³-hybridized carbons (Fsp3) is 0.375. The minimum atomic E-state index is -4.92. The van der Waals surface area contributed by atoms with Gasteiger partial charge in [0.1, 0.15) is 29.0 Å². The quantitative estimate of drug-likeness (QED) is 0.139. The summed E-state index contributed by atoms with van der Waals surface area (Å²) in [5.41, 5.74) is -0.792. The summed E-state index contributed by atoms with van der Waals surface area (Å²) >= 11 is 6.08. The fourth-order valence-corrected chi connectivity index (χ4v) is 4.90. The SMILES string of the molecule is COc1cc(NC(C(=O)N2CCc3cc(F)c(C(F)(F)F)cc32)c2ccc(Cl)cc2)cc(OCCCC(=O)OC(C)(C)C)c1. The summed E-state index contributed by atoms with van der Waals surface area (Å²) < 4.78 is 71.3. The third-order valence-electron chi connectivity index (χ3n) is 6.73. The molecule has 3 aromatic rings. The zero-order valence-electron chi connectivity index (χ0n) is 24.7. The van der Waals surface area contributed by atoms with Gasteiger partial charge in [-0.25, -0.2) is 4.39 Å². The van der Waals surface area contributed by atoms with Crippen molar-refractivity contribution in [2.45, 2.75) is 57.9 Å². The number of amides is 1. The molecule has 0 radical (unpaired) electrons. The molecule has 1 unspecified atom stereocenters. The van der Waals surface area contributed by atoms with Crippen molar-refractivity contribution >= 4 is 34.9 Å². The molecular weight excluding hydrogens is 604 g/mol. The minimum absolute atomic E-state index is 0.00383. The zero-order chi connectivity index (χ0) is 32.2. The van der Waals surface area contributed by atoms with Gasteiger partial charge in [0.25, 0.3) is 5.91 Å². The van der Waals surface area contributed by atoms with Crippen molar-refractivity contribution in [2.24, 2.45) is 0 Å². The van der Waals surface area contributed by atoms with Crippen molar-refractivity contribution in [3.8, 4) is 11.5 Å². The van der Waals surface area contributed by atoms with Crippen LogP contribution in [0.25, 0.3) is 0 Å². The monoisotopic (exact) mass is 636 g/mol. The number of nitrogens with one attached hydrogen (secondary N) is 1. The molecule has 1 aliphatic heterocycles. The lowest BCUT2D eigenvalue weighted by Crippen LogP contribution is -2.37. The highest BCUT2D eigenvalue weighted by molar-refractivity contribution is 6.30. The van der Waals surface area contributed by atoms with Crippen LogP contribution in [-0.4, -0.2) is 37.7 Å². The first-order valence-electron chi connectivity index (χ1n) is 13.9. The number of nitrogens with zero attached hydrogens (tertiary/aromatic N) is 1. The molecule has 3 aromatic carbocycles. The van der Waals surface area contributed by atoms with E-state index in [0.29, 0.717) is 45.8 Å². The van der Waals surface area contributed by atoms with Crippen LogP contribution in [0.3, 0.4) is 0 Å². The second-order valence-electron chi connectivity index (χ2n) is 11.3. The average Bonchev–Trinajstić information content (AvgIpc) is 3.35. The van der Waals surface area contributed by atoms with E-state index in [1.54, 1.807) is 63.2 Å². The Labute approximate surface area is 258 Å². The van der Waals surface area contributed by atoms with E-state index < -0.39 is 35.1 Å². The molecule has 0 spiro atoms. The Balaban J connectivity index is 1.59. The van der Waals surface area contributed by atoms with Gasteiger partial charge in [-0.05, 0) is 69.0 Å². The van der Waals surface area contributed by atoms with Gasteiger partial charge in [0.2, 0.25) is 0 Å². The van der Waals surface area contributed by atoms with Crippen LogP contribution in [0.2, 0.25) is 5.02 Å². The molecule has 0 fully saturated rings. The zero-order valence-corrected chi connectivity index (χ0v) is 25.4. The van der Waals surface area contributed by atoms with Crippen molar-refractivity contribution < 1.29 is 41.4 Å². The Kier molecular flexibility index (Phi) is 9.98. The van der Waals surface area contributed by atoms with Crippen LogP contribution in [0.4, 0.5) is 28.9 Å². The summed E-state index contributed by atoms with van der Waals surface area (Å²) in [6, 6.07) is 11.8. The number of ether oxygens (including phenoxy) is 3. The van der Waals surface area contributed by atoms with E-state index in [1.165, 1.54) is 12.0 Å². The Morgan fingerprint density at radius 2 is 1.70 bits per heavy atom. The fourth-order valence-electron chi connectivity index (χ4n) is 4.77. The topological polar surface area (TPSA) is 77.1 Å². The normalized spacial score (nSPS) is 13.7. The van der Waals surface area contributed by atoms with Gasteiger partial charge in [-0.1, -0.05) is 23.7 Å². The first kappa shape index (κ1) is 32.9. The van der Waals surface area contributed by atoms with E-state index in [-0.39, 0.29) is 37.6 Å². The maximum atomic E-state index is 14.2. The summed E-state index contributed by atoms with van der Waals surface area (Å²) in [6.45, 7) is 5.64. The second-order valence-corrected chi connectivity index (χ2v) is 11.7. The maximum Gasteiger partial charge on any atom is 0.419 e. The maximum absolute atomic E-state index is 14.2. The number of hydrogen-bond donors (Lipinski definition) is 1. The smallest absolute Gasteiger partial charge is 0.419 e. The molecule has 0 aliphatic carbocycles. The van der Waals surface area contributed by atoms with E-state index in [1.807, 2.05) is 0 Å². The molecule has 7 nitrogen and oxygen atoms in total. The second kappa shape index (κ2) is 13.3. The summed E-state index contributed by atoms with van der Waals surface area (Å²) in [5, 5.41) is 3.59. The number of esters is 1. The molecule has 44 heavy (non-hydrogen) atoms. The average molecular weight is 637 g/mol. The van der Waals surface area contributed by atoms with Crippen LogP contribution in [-0.2, 0) is 26.9 Å². The van der Waals surface area contributed by atoms with Crippen molar-refractivity contribution in [3.63, 3.8) is 0 Å². The molecule has 0 saturated carbocycles. The lowest BCUT2D eigenvalue weighted by Gasteiger charge is -2.27. The Bertz CT molecular complexity index is 1510. The van der Waals surface area contributed by atoms with E-state index in [4.69, 9.17) is 25.8 Å². The Morgan fingerprint density at radius 1 is 1.02 bits per heavy atom. The third kappa shape index (κ3) is 8.34. The summed E-state index contributed by atoms with van der Waals surface area (Å²) in [7, 11) is 1.46. The molecule has 1 atom stereocenters. The van der Waals surface area contributed by atoms with Crippen LogP contribution in [0.15, 0.2) is 54.6 Å². The van der Waals surface area contributed by atoms with Crippen molar-refractivity contribution in [3.05, 3.63) is 82.1 Å². The van der Waals surface area contributed by atoms with Crippen LogP contribution >= 0.6 is 11.6 Å². The van der Waals surface area contributed by atoms with E-state index in [9.17, 15) is 27.2 Å². The molecule has 1 aliphatic rings. The highest BCUT2D eigenvalue weighted by Crippen LogP contribution is 2.40. The standard InChI is InChI=1S/C32H33ClF4N2O5/c1-31(2,3)44-28(40)6-5-13-43-24-16-22(15-23(17-24)42-4)38-29(19-7-9-21(33)10-8-19)30(41)39-12-11-20-14-26(34)25(18-27(20)39)32(35,36)37/h7-10,14-18,29,38H,5-6,11-13H2,1-4H3. The number of fused-ring (bicyclic) bond motifs is 1. The van der Waals surface area contributed by atoms with E-state index in [2.05, 4.69) is 5.32 Å². The molecule has 1 heterocycles. The van der Waals surface area contributed by atoms with Crippen LogP contribution in [0, 0.1) is 5.82 Å². The molecule has 1 N–H and O–H groups in total.